The van der Waals surface area contributed by atoms with Crippen LogP contribution in [0.4, 0.5) is 11.4 Å². The molecular formula is C14H13ClN2O. The van der Waals surface area contributed by atoms with E-state index in [2.05, 4.69) is 5.32 Å². The van der Waals surface area contributed by atoms with Crippen LogP contribution in [0, 0.1) is 6.92 Å². The summed E-state index contributed by atoms with van der Waals surface area (Å²) in [5, 5.41) is 3.39. The first-order valence-corrected chi connectivity index (χ1v) is 5.87. The first kappa shape index (κ1) is 12.5. The lowest BCUT2D eigenvalue weighted by Crippen LogP contribution is -2.11. The van der Waals surface area contributed by atoms with Crippen LogP contribution in [-0.2, 0) is 0 Å². The highest BCUT2D eigenvalue weighted by Crippen LogP contribution is 2.18. The van der Waals surface area contributed by atoms with E-state index in [0.29, 0.717) is 22.0 Å². The fraction of sp³-hybridized carbons (Fsp3) is 0.0714. The van der Waals surface area contributed by atoms with Crippen LogP contribution < -0.4 is 11.1 Å². The van der Waals surface area contributed by atoms with Crippen molar-refractivity contribution >= 4 is 28.9 Å². The Bertz CT molecular complexity index is 579. The molecular weight excluding hydrogens is 248 g/mol. The SMILES string of the molecule is Cc1ccc(NC(=O)c2ccc(Cl)cc2)cc1N. The number of hydrogen-bond acceptors (Lipinski definition) is 2. The number of rotatable bonds is 2. The van der Waals surface area contributed by atoms with E-state index in [9.17, 15) is 4.79 Å². The topological polar surface area (TPSA) is 55.1 Å². The van der Waals surface area contributed by atoms with Crippen molar-refractivity contribution in [2.45, 2.75) is 6.92 Å². The number of benzene rings is 2. The quantitative estimate of drug-likeness (QED) is 0.812. The Morgan fingerprint density at radius 3 is 2.44 bits per heavy atom. The molecule has 0 saturated heterocycles. The highest BCUT2D eigenvalue weighted by atomic mass is 35.5. The van der Waals surface area contributed by atoms with Crippen LogP contribution in [-0.4, -0.2) is 5.91 Å². The Hall–Kier alpha value is -2.00. The van der Waals surface area contributed by atoms with E-state index in [1.54, 1.807) is 30.3 Å². The van der Waals surface area contributed by atoms with E-state index < -0.39 is 0 Å². The van der Waals surface area contributed by atoms with Gasteiger partial charge in [-0.25, -0.2) is 0 Å². The van der Waals surface area contributed by atoms with E-state index in [1.807, 2.05) is 19.1 Å². The first-order chi connectivity index (χ1) is 8.56. The van der Waals surface area contributed by atoms with Crippen molar-refractivity contribution in [2.75, 3.05) is 11.1 Å². The van der Waals surface area contributed by atoms with Gasteiger partial charge in [0, 0.05) is 22.0 Å². The van der Waals surface area contributed by atoms with Gasteiger partial charge in [0.1, 0.15) is 0 Å². The van der Waals surface area contributed by atoms with E-state index >= 15 is 0 Å². The molecule has 0 radical (unpaired) electrons. The van der Waals surface area contributed by atoms with Crippen LogP contribution in [0.2, 0.25) is 5.02 Å². The molecule has 0 unspecified atom stereocenters. The van der Waals surface area contributed by atoms with Crippen molar-refractivity contribution in [3.63, 3.8) is 0 Å². The van der Waals surface area contributed by atoms with Gasteiger partial charge in [-0.2, -0.15) is 0 Å². The Balaban J connectivity index is 2.16. The Morgan fingerprint density at radius 2 is 1.83 bits per heavy atom. The van der Waals surface area contributed by atoms with Crippen molar-refractivity contribution in [3.8, 4) is 0 Å². The summed E-state index contributed by atoms with van der Waals surface area (Å²) in [5.41, 5.74) is 8.66. The number of amides is 1. The Morgan fingerprint density at radius 1 is 1.17 bits per heavy atom. The van der Waals surface area contributed by atoms with E-state index in [1.165, 1.54) is 0 Å². The van der Waals surface area contributed by atoms with Crippen molar-refractivity contribution in [1.82, 2.24) is 0 Å². The molecule has 2 aromatic carbocycles. The van der Waals surface area contributed by atoms with Gasteiger partial charge in [-0.3, -0.25) is 4.79 Å². The minimum absolute atomic E-state index is 0.185. The summed E-state index contributed by atoms with van der Waals surface area (Å²) < 4.78 is 0. The number of aryl methyl sites for hydroxylation is 1. The summed E-state index contributed by atoms with van der Waals surface area (Å²) in [7, 11) is 0. The zero-order chi connectivity index (χ0) is 13.1. The van der Waals surface area contributed by atoms with Crippen molar-refractivity contribution < 1.29 is 4.79 Å². The number of carbonyl (C=O) groups excluding carboxylic acids is 1. The minimum Gasteiger partial charge on any atom is -0.398 e. The van der Waals surface area contributed by atoms with E-state index in [0.717, 1.165) is 5.56 Å². The fourth-order valence-corrected chi connectivity index (χ4v) is 1.65. The normalized spacial score (nSPS) is 10.1. The van der Waals surface area contributed by atoms with Crippen molar-refractivity contribution in [2.24, 2.45) is 0 Å². The number of anilines is 2. The molecule has 0 aliphatic carbocycles. The fourth-order valence-electron chi connectivity index (χ4n) is 1.52. The third-order valence-electron chi connectivity index (χ3n) is 2.64. The number of carbonyl (C=O) groups is 1. The molecule has 0 heterocycles. The number of nitrogens with one attached hydrogen (secondary N) is 1. The molecule has 1 amide bonds. The maximum Gasteiger partial charge on any atom is 0.255 e. The van der Waals surface area contributed by atoms with E-state index in [-0.39, 0.29) is 5.91 Å². The van der Waals surface area contributed by atoms with Gasteiger partial charge in [-0.05, 0) is 48.9 Å². The summed E-state index contributed by atoms with van der Waals surface area (Å²) in [5.74, 6) is -0.185. The highest BCUT2D eigenvalue weighted by molar-refractivity contribution is 6.30. The third-order valence-corrected chi connectivity index (χ3v) is 2.90. The first-order valence-electron chi connectivity index (χ1n) is 5.49. The molecule has 2 aromatic rings. The molecule has 3 N–H and O–H groups in total. The second-order valence-corrected chi connectivity index (χ2v) is 4.47. The Kier molecular flexibility index (Phi) is 3.53. The second-order valence-electron chi connectivity index (χ2n) is 4.03. The molecule has 0 saturated carbocycles. The van der Waals surface area contributed by atoms with Gasteiger partial charge in [0.25, 0.3) is 5.91 Å². The molecule has 0 aliphatic heterocycles. The molecule has 0 aliphatic rings. The van der Waals surface area contributed by atoms with Crippen LogP contribution in [0.15, 0.2) is 42.5 Å². The summed E-state index contributed by atoms with van der Waals surface area (Å²) in [6, 6.07) is 12.1. The largest absolute Gasteiger partial charge is 0.398 e. The maximum absolute atomic E-state index is 11.9. The summed E-state index contributed by atoms with van der Waals surface area (Å²) in [4.78, 5) is 11.9. The Labute approximate surface area is 111 Å². The zero-order valence-electron chi connectivity index (χ0n) is 9.91. The average Bonchev–Trinajstić information content (AvgIpc) is 2.34. The summed E-state index contributed by atoms with van der Waals surface area (Å²) in [6.07, 6.45) is 0. The van der Waals surface area contributed by atoms with Gasteiger partial charge in [-0.15, -0.1) is 0 Å². The monoisotopic (exact) mass is 260 g/mol. The lowest BCUT2D eigenvalue weighted by molar-refractivity contribution is 0.102. The van der Waals surface area contributed by atoms with E-state index in [4.69, 9.17) is 17.3 Å². The molecule has 0 spiro atoms. The van der Waals surface area contributed by atoms with Gasteiger partial charge >= 0.3 is 0 Å². The number of hydrogen-bond donors (Lipinski definition) is 2. The standard InChI is InChI=1S/C14H13ClN2O/c1-9-2-7-12(8-13(9)16)17-14(18)10-3-5-11(15)6-4-10/h2-8H,16H2,1H3,(H,17,18). The van der Waals surface area contributed by atoms with Gasteiger partial charge in [0.15, 0.2) is 0 Å². The lowest BCUT2D eigenvalue weighted by Gasteiger charge is -2.07. The van der Waals surface area contributed by atoms with Crippen LogP contribution >= 0.6 is 11.6 Å². The molecule has 3 nitrogen and oxygen atoms in total. The summed E-state index contributed by atoms with van der Waals surface area (Å²) in [6.45, 7) is 1.92. The molecule has 2 rings (SSSR count). The number of halogens is 1. The third kappa shape index (κ3) is 2.81. The van der Waals surface area contributed by atoms with Crippen molar-refractivity contribution in [1.29, 1.82) is 0 Å². The predicted octanol–water partition coefficient (Wildman–Crippen LogP) is 3.48. The summed E-state index contributed by atoms with van der Waals surface area (Å²) >= 11 is 5.77. The zero-order valence-corrected chi connectivity index (χ0v) is 10.7. The number of nitrogens with two attached hydrogens (primary N) is 1. The van der Waals surface area contributed by atoms with Gasteiger partial charge in [0.2, 0.25) is 0 Å². The minimum atomic E-state index is -0.185. The van der Waals surface area contributed by atoms with Gasteiger partial charge < -0.3 is 11.1 Å². The van der Waals surface area contributed by atoms with Crippen molar-refractivity contribution in [3.05, 3.63) is 58.6 Å². The van der Waals surface area contributed by atoms with Crippen LogP contribution in [0.5, 0.6) is 0 Å². The average molecular weight is 261 g/mol. The van der Waals surface area contributed by atoms with Crippen LogP contribution in [0.1, 0.15) is 15.9 Å². The highest BCUT2D eigenvalue weighted by Gasteiger charge is 2.06. The van der Waals surface area contributed by atoms with Gasteiger partial charge in [-0.1, -0.05) is 17.7 Å². The molecule has 92 valence electrons. The smallest absolute Gasteiger partial charge is 0.255 e. The number of nitrogen functional groups attached to an aromatic ring is 1. The molecule has 0 atom stereocenters. The predicted molar refractivity (Wildman–Crippen MR) is 75.0 cm³/mol. The van der Waals surface area contributed by atoms with Crippen LogP contribution in [0.25, 0.3) is 0 Å². The lowest BCUT2D eigenvalue weighted by atomic mass is 10.1. The molecule has 0 fully saturated rings. The molecule has 0 bridgehead atoms. The maximum atomic E-state index is 11.9. The molecule has 0 aromatic heterocycles. The van der Waals surface area contributed by atoms with Gasteiger partial charge in [0.05, 0.1) is 0 Å². The second kappa shape index (κ2) is 5.10. The van der Waals surface area contributed by atoms with Crippen LogP contribution in [0.3, 0.4) is 0 Å². The molecule has 18 heavy (non-hydrogen) atoms. The molecule has 4 heteroatoms.